The molecule has 0 aliphatic rings. The van der Waals surface area contributed by atoms with Crippen LogP contribution in [0.4, 0.5) is 0 Å². The second kappa shape index (κ2) is 16.4. The summed E-state index contributed by atoms with van der Waals surface area (Å²) in [5, 5.41) is 7.17. The lowest BCUT2D eigenvalue weighted by Crippen LogP contribution is -2.15. The first kappa shape index (κ1) is 31.0. The number of nitrogens with two attached hydrogens (primary N) is 2. The maximum absolute atomic E-state index is 5.96. The Bertz CT molecular complexity index is 1470. The average Bonchev–Trinajstić information content (AvgIpc) is 3.07. The molecule has 0 unspecified atom stereocenters. The molecule has 5 aromatic rings. The third-order valence-corrected chi connectivity index (χ3v) is 7.42. The molecule has 0 saturated carbocycles. The lowest BCUT2D eigenvalue weighted by molar-refractivity contribution is 0.306. The minimum Gasteiger partial charge on any atom is -0.489 e. The SMILES string of the molecule is NCc1ccc(OCc2cccc(CNCc3cccc(CNCc4cccc(COc5ccc(CN)cc5)c4)c3)c2)cc1. The van der Waals surface area contributed by atoms with Gasteiger partial charge in [-0.1, -0.05) is 97.1 Å². The van der Waals surface area contributed by atoms with Crippen molar-refractivity contribution in [1.82, 2.24) is 10.6 Å². The molecule has 0 radical (unpaired) electrons. The van der Waals surface area contributed by atoms with Crippen LogP contribution in [-0.2, 0) is 52.5 Å². The normalized spacial score (nSPS) is 11.0. The van der Waals surface area contributed by atoms with Gasteiger partial charge in [0.2, 0.25) is 0 Å². The van der Waals surface area contributed by atoms with Crippen molar-refractivity contribution in [3.05, 3.63) is 166 Å². The van der Waals surface area contributed by atoms with Gasteiger partial charge < -0.3 is 31.6 Å². The molecule has 6 nitrogen and oxygen atoms in total. The topological polar surface area (TPSA) is 94.6 Å². The van der Waals surface area contributed by atoms with Gasteiger partial charge in [-0.05, 0) is 68.8 Å². The summed E-state index contributed by atoms with van der Waals surface area (Å²) in [6.07, 6.45) is 0. The van der Waals surface area contributed by atoms with E-state index in [9.17, 15) is 0 Å². The van der Waals surface area contributed by atoms with Crippen molar-refractivity contribution in [1.29, 1.82) is 0 Å². The van der Waals surface area contributed by atoms with Crippen molar-refractivity contribution < 1.29 is 9.47 Å². The van der Waals surface area contributed by atoms with Gasteiger partial charge in [-0.25, -0.2) is 0 Å². The predicted octanol–water partition coefficient (Wildman–Crippen LogP) is 6.34. The molecule has 0 atom stereocenters. The van der Waals surface area contributed by atoms with Crippen molar-refractivity contribution in [2.24, 2.45) is 11.5 Å². The highest BCUT2D eigenvalue weighted by molar-refractivity contribution is 5.30. The smallest absolute Gasteiger partial charge is 0.119 e. The molecule has 0 heterocycles. The summed E-state index contributed by atoms with van der Waals surface area (Å²) in [7, 11) is 0. The van der Waals surface area contributed by atoms with Crippen LogP contribution in [0.15, 0.2) is 121 Å². The summed E-state index contributed by atoms with van der Waals surface area (Å²) < 4.78 is 11.9. The number of hydrogen-bond donors (Lipinski definition) is 4. The fourth-order valence-electron chi connectivity index (χ4n) is 4.99. The van der Waals surface area contributed by atoms with Crippen LogP contribution in [0.3, 0.4) is 0 Å². The number of rotatable bonds is 16. The Hall–Kier alpha value is -4.46. The molecule has 0 saturated heterocycles. The standard InChI is InChI=1S/C38H42N4O2/c39-21-29-10-14-37(15-11-29)43-27-35-8-2-6-33(19-35)25-41-23-31-4-1-5-32(18-31)24-42-26-34-7-3-9-36(20-34)28-44-38-16-12-30(22-40)13-17-38/h1-20,41-42H,21-28,39-40H2. The predicted molar refractivity (Wildman–Crippen MR) is 178 cm³/mol. The Kier molecular flexibility index (Phi) is 11.6. The van der Waals surface area contributed by atoms with Crippen LogP contribution in [-0.4, -0.2) is 0 Å². The van der Waals surface area contributed by atoms with Crippen LogP contribution in [0, 0.1) is 0 Å². The van der Waals surface area contributed by atoms with Gasteiger partial charge in [0.1, 0.15) is 24.7 Å². The van der Waals surface area contributed by atoms with E-state index in [0.29, 0.717) is 26.3 Å². The molecule has 5 aromatic carbocycles. The third-order valence-electron chi connectivity index (χ3n) is 7.42. The van der Waals surface area contributed by atoms with Crippen molar-refractivity contribution in [2.45, 2.75) is 52.5 Å². The van der Waals surface area contributed by atoms with Crippen LogP contribution < -0.4 is 31.6 Å². The van der Waals surface area contributed by atoms with E-state index >= 15 is 0 Å². The highest BCUT2D eigenvalue weighted by Gasteiger charge is 2.03. The zero-order valence-corrected chi connectivity index (χ0v) is 25.2. The second-order valence-corrected chi connectivity index (χ2v) is 10.9. The van der Waals surface area contributed by atoms with Gasteiger partial charge >= 0.3 is 0 Å². The number of ether oxygens (including phenoxy) is 2. The first-order valence-corrected chi connectivity index (χ1v) is 15.2. The van der Waals surface area contributed by atoms with E-state index in [1.165, 1.54) is 22.3 Å². The maximum Gasteiger partial charge on any atom is 0.119 e. The van der Waals surface area contributed by atoms with E-state index in [0.717, 1.165) is 59.9 Å². The fourth-order valence-corrected chi connectivity index (χ4v) is 4.99. The van der Waals surface area contributed by atoms with Gasteiger partial charge in [0.25, 0.3) is 0 Å². The average molecular weight is 587 g/mol. The van der Waals surface area contributed by atoms with Gasteiger partial charge in [0.15, 0.2) is 0 Å². The van der Waals surface area contributed by atoms with E-state index in [1.54, 1.807) is 0 Å². The molecule has 6 N–H and O–H groups in total. The van der Waals surface area contributed by atoms with Crippen molar-refractivity contribution in [2.75, 3.05) is 0 Å². The number of benzene rings is 5. The monoisotopic (exact) mass is 586 g/mol. The maximum atomic E-state index is 5.96. The molecule has 6 heteroatoms. The summed E-state index contributed by atoms with van der Waals surface area (Å²) in [5.41, 5.74) is 20.9. The Morgan fingerprint density at radius 3 is 1.05 bits per heavy atom. The van der Waals surface area contributed by atoms with E-state index in [1.807, 2.05) is 48.5 Å². The Balaban J connectivity index is 1.04. The van der Waals surface area contributed by atoms with Gasteiger partial charge in [0, 0.05) is 39.3 Å². The zero-order chi connectivity index (χ0) is 30.4. The van der Waals surface area contributed by atoms with Crippen LogP contribution in [0.25, 0.3) is 0 Å². The quantitative estimate of drug-likeness (QED) is 0.108. The van der Waals surface area contributed by atoms with Crippen LogP contribution in [0.5, 0.6) is 11.5 Å². The van der Waals surface area contributed by atoms with Crippen molar-refractivity contribution >= 4 is 0 Å². The minimum atomic E-state index is 0.535. The number of hydrogen-bond acceptors (Lipinski definition) is 6. The van der Waals surface area contributed by atoms with Gasteiger partial charge in [-0.3, -0.25) is 0 Å². The molecule has 0 aliphatic heterocycles. The molecule has 0 bridgehead atoms. The summed E-state index contributed by atoms with van der Waals surface area (Å²) in [6, 6.07) is 41.7. The van der Waals surface area contributed by atoms with Gasteiger partial charge in [-0.2, -0.15) is 0 Å². The molecule has 226 valence electrons. The number of nitrogens with one attached hydrogen (secondary N) is 2. The Labute approximate surface area is 261 Å². The summed E-state index contributed by atoms with van der Waals surface area (Å²) in [4.78, 5) is 0. The molecular weight excluding hydrogens is 544 g/mol. The molecule has 0 aliphatic carbocycles. The first-order chi connectivity index (χ1) is 21.7. The van der Waals surface area contributed by atoms with Crippen LogP contribution in [0.2, 0.25) is 0 Å². The van der Waals surface area contributed by atoms with E-state index < -0.39 is 0 Å². The summed E-state index contributed by atoms with van der Waals surface area (Å²) >= 11 is 0. The summed E-state index contributed by atoms with van der Waals surface area (Å²) in [5.74, 6) is 1.70. The summed E-state index contributed by atoms with van der Waals surface area (Å²) in [6.45, 7) is 5.34. The fraction of sp³-hybridized carbons (Fsp3) is 0.211. The highest BCUT2D eigenvalue weighted by atomic mass is 16.5. The largest absolute Gasteiger partial charge is 0.489 e. The zero-order valence-electron chi connectivity index (χ0n) is 25.2. The molecule has 0 aromatic heterocycles. The van der Waals surface area contributed by atoms with Crippen molar-refractivity contribution in [3.8, 4) is 11.5 Å². The molecule has 44 heavy (non-hydrogen) atoms. The van der Waals surface area contributed by atoms with E-state index in [-0.39, 0.29) is 0 Å². The lowest BCUT2D eigenvalue weighted by atomic mass is 10.1. The van der Waals surface area contributed by atoms with Crippen LogP contribution >= 0.6 is 0 Å². The molecule has 0 amide bonds. The van der Waals surface area contributed by atoms with Gasteiger partial charge in [-0.15, -0.1) is 0 Å². The van der Waals surface area contributed by atoms with E-state index in [2.05, 4.69) is 83.4 Å². The molecule has 0 fully saturated rings. The molecule has 0 spiro atoms. The minimum absolute atomic E-state index is 0.535. The Morgan fingerprint density at radius 1 is 0.386 bits per heavy atom. The Morgan fingerprint density at radius 2 is 0.705 bits per heavy atom. The third kappa shape index (κ3) is 9.79. The van der Waals surface area contributed by atoms with Crippen molar-refractivity contribution in [3.63, 3.8) is 0 Å². The second-order valence-electron chi connectivity index (χ2n) is 10.9. The van der Waals surface area contributed by atoms with Crippen LogP contribution in [0.1, 0.15) is 44.5 Å². The highest BCUT2D eigenvalue weighted by Crippen LogP contribution is 2.16. The lowest BCUT2D eigenvalue weighted by Gasteiger charge is -2.11. The molecular formula is C38H42N4O2. The van der Waals surface area contributed by atoms with E-state index in [4.69, 9.17) is 20.9 Å². The molecule has 5 rings (SSSR count). The first-order valence-electron chi connectivity index (χ1n) is 15.2. The van der Waals surface area contributed by atoms with Gasteiger partial charge in [0.05, 0.1) is 0 Å².